The van der Waals surface area contributed by atoms with Crippen molar-refractivity contribution in [3.05, 3.63) is 11.6 Å². The summed E-state index contributed by atoms with van der Waals surface area (Å²) in [6, 6.07) is 0. The van der Waals surface area contributed by atoms with Gasteiger partial charge in [-0.1, -0.05) is 13.8 Å². The van der Waals surface area contributed by atoms with Crippen molar-refractivity contribution in [1.82, 2.24) is 0 Å². The van der Waals surface area contributed by atoms with Crippen LogP contribution in [0.25, 0.3) is 0 Å². The van der Waals surface area contributed by atoms with Crippen LogP contribution in [-0.4, -0.2) is 135 Å². The molecule has 264 valence electrons. The van der Waals surface area contributed by atoms with Gasteiger partial charge < -0.3 is 60.5 Å². The van der Waals surface area contributed by atoms with Gasteiger partial charge in [0, 0.05) is 16.7 Å². The Hall–Kier alpha value is -1.07. The van der Waals surface area contributed by atoms with E-state index in [0.29, 0.717) is 24.8 Å². The lowest BCUT2D eigenvalue weighted by molar-refractivity contribution is -0.328. The highest BCUT2D eigenvalue weighted by Gasteiger charge is 2.70. The van der Waals surface area contributed by atoms with Crippen LogP contribution in [0.5, 0.6) is 0 Å². The van der Waals surface area contributed by atoms with E-state index in [1.807, 2.05) is 6.92 Å². The maximum Gasteiger partial charge on any atom is 0.187 e. The maximum atomic E-state index is 13.6. The van der Waals surface area contributed by atoms with Crippen LogP contribution in [0.15, 0.2) is 11.6 Å². The van der Waals surface area contributed by atoms with Crippen molar-refractivity contribution >= 4 is 5.78 Å². The topological polar surface area (TPSA) is 238 Å². The fourth-order valence-corrected chi connectivity index (χ4v) is 9.89. The zero-order valence-electron chi connectivity index (χ0n) is 27.4. The van der Waals surface area contributed by atoms with Gasteiger partial charge in [-0.05, 0) is 89.2 Å². The molecule has 0 unspecified atom stereocenters. The zero-order chi connectivity index (χ0) is 34.4. The van der Waals surface area contributed by atoms with Crippen LogP contribution >= 0.6 is 0 Å². The summed E-state index contributed by atoms with van der Waals surface area (Å²) in [5.74, 6) is -2.18. The molecule has 3 saturated carbocycles. The number of ether oxygens (including phenoxy) is 2. The molecule has 0 amide bonds. The van der Waals surface area contributed by atoms with E-state index in [4.69, 9.17) is 9.47 Å². The molecule has 5 rings (SSSR count). The van der Waals surface area contributed by atoms with E-state index in [1.54, 1.807) is 27.7 Å². The predicted molar refractivity (Wildman–Crippen MR) is 161 cm³/mol. The van der Waals surface area contributed by atoms with Crippen LogP contribution in [0.3, 0.4) is 0 Å². The summed E-state index contributed by atoms with van der Waals surface area (Å²) in [6.07, 6.45) is -10.0. The monoisotopic (exact) mass is 658 g/mol. The average molecular weight is 659 g/mol. The van der Waals surface area contributed by atoms with E-state index in [-0.39, 0.29) is 31.5 Å². The van der Waals surface area contributed by atoms with Crippen LogP contribution in [0, 0.1) is 28.6 Å². The predicted octanol–water partition coefficient (Wildman–Crippen LogP) is -1.35. The lowest BCUT2D eigenvalue weighted by atomic mass is 9.45. The molecule has 4 fully saturated rings. The zero-order valence-corrected chi connectivity index (χ0v) is 27.4. The molecule has 0 aromatic heterocycles. The number of aliphatic hydroxyl groups excluding tert-OH is 7. The fraction of sp³-hybridized carbons (Fsp3) is 0.909. The lowest BCUT2D eigenvalue weighted by Crippen LogP contribution is -2.67. The van der Waals surface area contributed by atoms with E-state index in [2.05, 4.69) is 0 Å². The first-order valence-corrected chi connectivity index (χ1v) is 16.6. The van der Waals surface area contributed by atoms with Crippen LogP contribution in [-0.2, 0) is 14.3 Å². The van der Waals surface area contributed by atoms with Gasteiger partial charge in [0.1, 0.15) is 30.5 Å². The molecule has 13 heteroatoms. The van der Waals surface area contributed by atoms with Gasteiger partial charge >= 0.3 is 0 Å². The Morgan fingerprint density at radius 3 is 2.22 bits per heavy atom. The van der Waals surface area contributed by atoms with Gasteiger partial charge in [-0.15, -0.1) is 0 Å². The number of hydrogen-bond donors (Lipinski definition) is 10. The van der Waals surface area contributed by atoms with E-state index in [9.17, 15) is 55.9 Å². The number of allylic oxidation sites excluding steroid dienone is 1. The van der Waals surface area contributed by atoms with Crippen molar-refractivity contribution in [2.24, 2.45) is 28.6 Å². The molecular formula is C33H54O13. The molecule has 13 nitrogen and oxygen atoms in total. The summed E-state index contributed by atoms with van der Waals surface area (Å²) in [4.78, 5) is 13.6. The number of carbonyl (C=O) groups is 1. The summed E-state index contributed by atoms with van der Waals surface area (Å²) in [7, 11) is 0. The minimum atomic E-state index is -1.73. The van der Waals surface area contributed by atoms with Crippen molar-refractivity contribution in [2.45, 2.75) is 151 Å². The first kappa shape index (κ1) is 36.2. The Morgan fingerprint density at radius 2 is 1.61 bits per heavy atom. The molecule has 46 heavy (non-hydrogen) atoms. The molecule has 1 saturated heterocycles. The van der Waals surface area contributed by atoms with E-state index >= 15 is 0 Å². The van der Waals surface area contributed by atoms with E-state index in [1.165, 1.54) is 6.08 Å². The number of fused-ring (bicyclic) bond motifs is 5. The SMILES string of the molecule is CC(C)(O)CC[C@@H](O[C@H]1O[C@H](CO)[C@H](O)[C@H](O)[C@H]1O)[C@](C)(O)[C@H]1CC[C@@]2(O)C3=CC(=O)[C@@H]4C[C@@H](O)[C@@H](O)[C@@H](O)[C@]4(C)[C@H]3CC[C@]12C. The molecular weight excluding hydrogens is 604 g/mol. The van der Waals surface area contributed by atoms with Crippen LogP contribution < -0.4 is 0 Å². The smallest absolute Gasteiger partial charge is 0.187 e. The first-order valence-electron chi connectivity index (χ1n) is 16.6. The second-order valence-electron chi connectivity index (χ2n) is 16.0. The van der Waals surface area contributed by atoms with E-state index in [0.717, 1.165) is 0 Å². The second-order valence-corrected chi connectivity index (χ2v) is 16.0. The molecule has 10 N–H and O–H groups in total. The highest BCUT2D eigenvalue weighted by molar-refractivity contribution is 5.95. The normalized spacial score (nSPS) is 49.8. The molecule has 1 aliphatic heterocycles. The number of ketones is 1. The highest BCUT2D eigenvalue weighted by Crippen LogP contribution is 2.68. The molecule has 0 radical (unpaired) electrons. The maximum absolute atomic E-state index is 13.6. The van der Waals surface area contributed by atoms with Gasteiger partial charge in [0.05, 0.1) is 41.7 Å². The molecule has 1 heterocycles. The van der Waals surface area contributed by atoms with Crippen molar-refractivity contribution in [1.29, 1.82) is 0 Å². The van der Waals surface area contributed by atoms with Crippen molar-refractivity contribution in [3.8, 4) is 0 Å². The molecule has 5 aliphatic rings. The molecule has 16 atom stereocenters. The van der Waals surface area contributed by atoms with Gasteiger partial charge in [0.15, 0.2) is 12.1 Å². The largest absolute Gasteiger partial charge is 0.394 e. The first-order chi connectivity index (χ1) is 21.1. The Kier molecular flexibility index (Phi) is 9.50. The summed E-state index contributed by atoms with van der Waals surface area (Å²) >= 11 is 0. The quantitative estimate of drug-likeness (QED) is 0.145. The number of rotatable bonds is 8. The van der Waals surface area contributed by atoms with Gasteiger partial charge in [0.25, 0.3) is 0 Å². The van der Waals surface area contributed by atoms with Crippen molar-refractivity contribution in [3.63, 3.8) is 0 Å². The average Bonchev–Trinajstić information content (AvgIpc) is 3.26. The summed E-state index contributed by atoms with van der Waals surface area (Å²) in [5, 5.41) is 109. The molecule has 4 aliphatic carbocycles. The Balaban J connectivity index is 1.48. The van der Waals surface area contributed by atoms with E-state index < -0.39 is 107 Å². The van der Waals surface area contributed by atoms with Crippen LogP contribution in [0.4, 0.5) is 0 Å². The number of aliphatic hydroxyl groups is 10. The molecule has 0 aromatic carbocycles. The standard InChI is InChI=1S/C33H54O13/c1-29(2,42)9-8-22(46-28-26(40)25(39)24(38)20(14-34)45-28)32(5,43)21-7-11-33(44)16-12-18(35)17-13-19(36)23(37)27(41)31(17,4)15(16)6-10-30(21,33)3/h12,15,17,19-28,34,36-44H,6-11,13-14H2,1-5H3/t15-,17-,19+,20+,21-,22+,23+,24-,25-,26+,27+,28+,30+,31+,32+,33+/m0/s1. The third-order valence-electron chi connectivity index (χ3n) is 12.8. The van der Waals surface area contributed by atoms with Crippen LogP contribution in [0.2, 0.25) is 0 Å². The van der Waals surface area contributed by atoms with Gasteiger partial charge in [-0.3, -0.25) is 4.79 Å². The summed E-state index contributed by atoms with van der Waals surface area (Å²) < 4.78 is 11.8. The number of hydrogen-bond acceptors (Lipinski definition) is 13. The van der Waals surface area contributed by atoms with Crippen LogP contribution in [0.1, 0.15) is 79.6 Å². The highest BCUT2D eigenvalue weighted by atomic mass is 16.7. The Morgan fingerprint density at radius 1 is 0.957 bits per heavy atom. The van der Waals surface area contributed by atoms with Crippen molar-refractivity contribution < 1.29 is 65.3 Å². The number of carbonyl (C=O) groups excluding carboxylic acids is 1. The lowest BCUT2D eigenvalue weighted by Gasteiger charge is -2.62. The molecule has 0 bridgehead atoms. The third-order valence-corrected chi connectivity index (χ3v) is 12.8. The third kappa shape index (κ3) is 5.43. The fourth-order valence-electron chi connectivity index (χ4n) is 9.89. The Bertz CT molecular complexity index is 1180. The van der Waals surface area contributed by atoms with Crippen molar-refractivity contribution in [2.75, 3.05) is 6.61 Å². The minimum absolute atomic E-state index is 0.000943. The minimum Gasteiger partial charge on any atom is -0.394 e. The van der Waals surface area contributed by atoms with Gasteiger partial charge in [0.2, 0.25) is 0 Å². The summed E-state index contributed by atoms with van der Waals surface area (Å²) in [6.45, 7) is 7.68. The Labute approximate surface area is 269 Å². The van der Waals surface area contributed by atoms with Gasteiger partial charge in [-0.25, -0.2) is 0 Å². The summed E-state index contributed by atoms with van der Waals surface area (Å²) in [5.41, 5.74) is -6.14. The molecule has 0 spiro atoms. The molecule has 0 aromatic rings. The van der Waals surface area contributed by atoms with Gasteiger partial charge in [-0.2, -0.15) is 0 Å². The second kappa shape index (κ2) is 12.1.